The molecule has 1 atom stereocenters. The Kier molecular flexibility index (Phi) is 6.30. The van der Waals surface area contributed by atoms with Crippen LogP contribution in [-0.4, -0.2) is 38.6 Å². The lowest BCUT2D eigenvalue weighted by Gasteiger charge is -2.12. The number of nitrogens with one attached hydrogen (secondary N) is 1. The van der Waals surface area contributed by atoms with Crippen molar-refractivity contribution in [3.05, 3.63) is 29.8 Å². The second-order valence-corrected chi connectivity index (χ2v) is 5.39. The Bertz CT molecular complexity index is 389. The fourth-order valence-electron chi connectivity index (χ4n) is 2.09. The predicted molar refractivity (Wildman–Crippen MR) is 79.1 cm³/mol. The third-order valence-electron chi connectivity index (χ3n) is 3.21. The standard InChI is InChI=1S/C16H25NO3/c1-13(2)17-11-14-4-3-5-15(10-14)19-8-9-20-16-6-7-18-12-16/h3-5,10,13,16-17H,6-9,11-12H2,1-2H3. The van der Waals surface area contributed by atoms with Gasteiger partial charge in [0.05, 0.1) is 19.3 Å². The van der Waals surface area contributed by atoms with Crippen molar-refractivity contribution in [1.29, 1.82) is 0 Å². The topological polar surface area (TPSA) is 39.7 Å². The van der Waals surface area contributed by atoms with Crippen molar-refractivity contribution in [3.8, 4) is 5.75 Å². The fraction of sp³-hybridized carbons (Fsp3) is 0.625. The Labute approximate surface area is 121 Å². The quantitative estimate of drug-likeness (QED) is 0.742. The van der Waals surface area contributed by atoms with Gasteiger partial charge in [-0.05, 0) is 24.1 Å². The Morgan fingerprint density at radius 1 is 1.35 bits per heavy atom. The third kappa shape index (κ3) is 5.49. The second kappa shape index (κ2) is 8.25. The Morgan fingerprint density at radius 3 is 3.00 bits per heavy atom. The molecule has 2 rings (SSSR count). The molecule has 0 bridgehead atoms. The van der Waals surface area contributed by atoms with E-state index in [1.807, 2.05) is 12.1 Å². The van der Waals surface area contributed by atoms with Crippen molar-refractivity contribution in [2.24, 2.45) is 0 Å². The van der Waals surface area contributed by atoms with Gasteiger partial charge in [0.15, 0.2) is 0 Å². The van der Waals surface area contributed by atoms with Crippen LogP contribution in [0.2, 0.25) is 0 Å². The normalized spacial score (nSPS) is 18.6. The van der Waals surface area contributed by atoms with E-state index < -0.39 is 0 Å². The van der Waals surface area contributed by atoms with E-state index in [0.717, 1.165) is 31.9 Å². The maximum atomic E-state index is 5.72. The summed E-state index contributed by atoms with van der Waals surface area (Å²) in [6.45, 7) is 7.88. The maximum Gasteiger partial charge on any atom is 0.119 e. The summed E-state index contributed by atoms with van der Waals surface area (Å²) in [4.78, 5) is 0. The number of hydrogen-bond donors (Lipinski definition) is 1. The molecule has 0 spiro atoms. The summed E-state index contributed by atoms with van der Waals surface area (Å²) in [5.41, 5.74) is 1.24. The number of rotatable bonds is 8. The first-order chi connectivity index (χ1) is 9.74. The van der Waals surface area contributed by atoms with Crippen molar-refractivity contribution < 1.29 is 14.2 Å². The van der Waals surface area contributed by atoms with Gasteiger partial charge in [-0.2, -0.15) is 0 Å². The molecule has 1 fully saturated rings. The summed E-state index contributed by atoms with van der Waals surface area (Å²) >= 11 is 0. The maximum absolute atomic E-state index is 5.72. The Morgan fingerprint density at radius 2 is 2.25 bits per heavy atom. The zero-order valence-electron chi connectivity index (χ0n) is 12.4. The molecule has 0 saturated carbocycles. The zero-order chi connectivity index (χ0) is 14.2. The van der Waals surface area contributed by atoms with E-state index in [-0.39, 0.29) is 6.10 Å². The molecule has 20 heavy (non-hydrogen) atoms. The van der Waals surface area contributed by atoms with E-state index in [0.29, 0.717) is 19.3 Å². The van der Waals surface area contributed by atoms with Gasteiger partial charge in [0.1, 0.15) is 12.4 Å². The summed E-state index contributed by atoms with van der Waals surface area (Å²) in [6.07, 6.45) is 1.25. The van der Waals surface area contributed by atoms with Crippen LogP contribution in [0.4, 0.5) is 0 Å². The number of benzene rings is 1. The largest absolute Gasteiger partial charge is 0.491 e. The molecular weight excluding hydrogens is 254 g/mol. The van der Waals surface area contributed by atoms with Crippen LogP contribution in [-0.2, 0) is 16.0 Å². The molecule has 0 radical (unpaired) electrons. The highest BCUT2D eigenvalue weighted by molar-refractivity contribution is 5.28. The molecule has 1 heterocycles. The SMILES string of the molecule is CC(C)NCc1cccc(OCCOC2CCOC2)c1. The molecule has 1 aromatic carbocycles. The van der Waals surface area contributed by atoms with Crippen LogP contribution in [0.3, 0.4) is 0 Å². The lowest BCUT2D eigenvalue weighted by molar-refractivity contribution is 0.0265. The molecule has 0 aliphatic carbocycles. The van der Waals surface area contributed by atoms with Crippen LogP contribution in [0.25, 0.3) is 0 Å². The summed E-state index contributed by atoms with van der Waals surface area (Å²) in [5.74, 6) is 0.902. The van der Waals surface area contributed by atoms with Crippen molar-refractivity contribution >= 4 is 0 Å². The van der Waals surface area contributed by atoms with Crippen molar-refractivity contribution in [3.63, 3.8) is 0 Å². The molecule has 1 unspecified atom stereocenters. The molecule has 1 N–H and O–H groups in total. The molecule has 4 nitrogen and oxygen atoms in total. The van der Waals surface area contributed by atoms with E-state index in [4.69, 9.17) is 14.2 Å². The summed E-state index contributed by atoms with van der Waals surface area (Å²) in [5, 5.41) is 3.40. The Balaban J connectivity index is 1.67. The minimum absolute atomic E-state index is 0.250. The van der Waals surface area contributed by atoms with Crippen LogP contribution >= 0.6 is 0 Å². The van der Waals surface area contributed by atoms with E-state index in [1.165, 1.54) is 5.56 Å². The van der Waals surface area contributed by atoms with E-state index in [2.05, 4.69) is 31.3 Å². The molecule has 1 saturated heterocycles. The Hall–Kier alpha value is -1.10. The molecule has 4 heteroatoms. The predicted octanol–water partition coefficient (Wildman–Crippen LogP) is 2.37. The van der Waals surface area contributed by atoms with Crippen LogP contribution in [0.15, 0.2) is 24.3 Å². The highest BCUT2D eigenvalue weighted by Crippen LogP contribution is 2.14. The molecule has 112 valence electrons. The van der Waals surface area contributed by atoms with Gasteiger partial charge in [-0.3, -0.25) is 0 Å². The fourth-order valence-corrected chi connectivity index (χ4v) is 2.09. The van der Waals surface area contributed by atoms with Gasteiger partial charge in [-0.25, -0.2) is 0 Å². The van der Waals surface area contributed by atoms with Gasteiger partial charge in [0, 0.05) is 19.2 Å². The average Bonchev–Trinajstić information content (AvgIpc) is 2.95. The lowest BCUT2D eigenvalue weighted by atomic mass is 10.2. The second-order valence-electron chi connectivity index (χ2n) is 5.39. The van der Waals surface area contributed by atoms with Gasteiger partial charge in [0.2, 0.25) is 0 Å². The van der Waals surface area contributed by atoms with Crippen LogP contribution in [0, 0.1) is 0 Å². The van der Waals surface area contributed by atoms with E-state index >= 15 is 0 Å². The first-order valence-electron chi connectivity index (χ1n) is 7.38. The minimum atomic E-state index is 0.250. The molecule has 1 aliphatic heterocycles. The van der Waals surface area contributed by atoms with Crippen LogP contribution in [0.5, 0.6) is 5.75 Å². The molecule has 0 aromatic heterocycles. The first-order valence-corrected chi connectivity index (χ1v) is 7.38. The van der Waals surface area contributed by atoms with E-state index in [1.54, 1.807) is 0 Å². The number of hydrogen-bond acceptors (Lipinski definition) is 4. The summed E-state index contributed by atoms with van der Waals surface area (Å²) in [7, 11) is 0. The minimum Gasteiger partial charge on any atom is -0.491 e. The van der Waals surface area contributed by atoms with Gasteiger partial charge in [-0.1, -0.05) is 26.0 Å². The van der Waals surface area contributed by atoms with Crippen molar-refractivity contribution in [2.75, 3.05) is 26.4 Å². The van der Waals surface area contributed by atoms with Crippen LogP contribution in [0.1, 0.15) is 25.8 Å². The van der Waals surface area contributed by atoms with Gasteiger partial charge in [0.25, 0.3) is 0 Å². The number of ether oxygens (including phenoxy) is 3. The molecular formula is C16H25NO3. The van der Waals surface area contributed by atoms with Crippen LogP contribution < -0.4 is 10.1 Å². The van der Waals surface area contributed by atoms with Gasteiger partial charge in [-0.15, -0.1) is 0 Å². The molecule has 1 aromatic rings. The average molecular weight is 279 g/mol. The molecule has 1 aliphatic rings. The monoisotopic (exact) mass is 279 g/mol. The zero-order valence-corrected chi connectivity index (χ0v) is 12.4. The van der Waals surface area contributed by atoms with Crippen molar-refractivity contribution in [2.45, 2.75) is 39.0 Å². The summed E-state index contributed by atoms with van der Waals surface area (Å²) < 4.78 is 16.7. The van der Waals surface area contributed by atoms with Gasteiger partial charge < -0.3 is 19.5 Å². The summed E-state index contributed by atoms with van der Waals surface area (Å²) in [6, 6.07) is 8.68. The lowest BCUT2D eigenvalue weighted by Crippen LogP contribution is -2.21. The van der Waals surface area contributed by atoms with E-state index in [9.17, 15) is 0 Å². The third-order valence-corrected chi connectivity index (χ3v) is 3.21. The van der Waals surface area contributed by atoms with Gasteiger partial charge >= 0.3 is 0 Å². The highest BCUT2D eigenvalue weighted by Gasteiger charge is 2.15. The van der Waals surface area contributed by atoms with Crippen molar-refractivity contribution in [1.82, 2.24) is 5.32 Å². The molecule has 0 amide bonds. The highest BCUT2D eigenvalue weighted by atomic mass is 16.6. The first kappa shape index (κ1) is 15.3. The smallest absolute Gasteiger partial charge is 0.119 e.